The van der Waals surface area contributed by atoms with Gasteiger partial charge in [0.15, 0.2) is 0 Å². The SMILES string of the molecule is Cc1cc2ccccc2nc1N1CCOCC1CCl. The summed E-state index contributed by atoms with van der Waals surface area (Å²) in [6.45, 7) is 4.37. The molecule has 19 heavy (non-hydrogen) atoms. The van der Waals surface area contributed by atoms with E-state index < -0.39 is 0 Å². The van der Waals surface area contributed by atoms with Crippen LogP contribution in [0.2, 0.25) is 0 Å². The molecule has 1 aromatic carbocycles. The van der Waals surface area contributed by atoms with Crippen molar-refractivity contribution in [3.63, 3.8) is 0 Å². The largest absolute Gasteiger partial charge is 0.377 e. The van der Waals surface area contributed by atoms with Gasteiger partial charge in [-0.05, 0) is 24.6 Å². The lowest BCUT2D eigenvalue weighted by Crippen LogP contribution is -2.47. The van der Waals surface area contributed by atoms with Gasteiger partial charge in [-0.25, -0.2) is 4.98 Å². The van der Waals surface area contributed by atoms with Gasteiger partial charge in [0.1, 0.15) is 5.82 Å². The predicted molar refractivity (Wildman–Crippen MR) is 79.2 cm³/mol. The van der Waals surface area contributed by atoms with Crippen LogP contribution < -0.4 is 4.90 Å². The zero-order valence-electron chi connectivity index (χ0n) is 11.0. The third-order valence-corrected chi connectivity index (χ3v) is 3.92. The lowest BCUT2D eigenvalue weighted by Gasteiger charge is -2.36. The highest BCUT2D eigenvalue weighted by Gasteiger charge is 2.24. The fourth-order valence-electron chi connectivity index (χ4n) is 2.56. The first-order valence-corrected chi connectivity index (χ1v) is 7.10. The van der Waals surface area contributed by atoms with Gasteiger partial charge >= 0.3 is 0 Å². The van der Waals surface area contributed by atoms with Crippen LogP contribution >= 0.6 is 11.6 Å². The van der Waals surface area contributed by atoms with E-state index in [0.717, 1.165) is 24.5 Å². The molecule has 0 radical (unpaired) electrons. The summed E-state index contributed by atoms with van der Waals surface area (Å²) in [5.74, 6) is 1.60. The second kappa shape index (κ2) is 5.35. The zero-order valence-corrected chi connectivity index (χ0v) is 11.7. The maximum absolute atomic E-state index is 6.05. The Bertz CT molecular complexity index is 587. The molecule has 1 aliphatic heterocycles. The Kier molecular flexibility index (Phi) is 3.58. The molecule has 0 spiro atoms. The Morgan fingerprint density at radius 3 is 3.11 bits per heavy atom. The molecule has 1 saturated heterocycles. The van der Waals surface area contributed by atoms with E-state index in [0.29, 0.717) is 12.5 Å². The number of rotatable bonds is 2. The van der Waals surface area contributed by atoms with Gasteiger partial charge in [0.25, 0.3) is 0 Å². The van der Waals surface area contributed by atoms with Gasteiger partial charge in [-0.1, -0.05) is 18.2 Å². The number of hydrogen-bond acceptors (Lipinski definition) is 3. The van der Waals surface area contributed by atoms with Crippen molar-refractivity contribution in [3.05, 3.63) is 35.9 Å². The van der Waals surface area contributed by atoms with Gasteiger partial charge in [-0.2, -0.15) is 0 Å². The molecule has 0 N–H and O–H groups in total. The normalized spacial score (nSPS) is 19.9. The van der Waals surface area contributed by atoms with E-state index in [9.17, 15) is 0 Å². The molecular weight excluding hydrogens is 260 g/mol. The van der Waals surface area contributed by atoms with Crippen molar-refractivity contribution < 1.29 is 4.74 Å². The molecule has 100 valence electrons. The molecule has 1 aliphatic rings. The number of pyridine rings is 1. The highest BCUT2D eigenvalue weighted by Crippen LogP contribution is 2.26. The first-order valence-electron chi connectivity index (χ1n) is 6.56. The van der Waals surface area contributed by atoms with Crippen LogP contribution in [0.3, 0.4) is 0 Å². The second-order valence-electron chi connectivity index (χ2n) is 4.90. The van der Waals surface area contributed by atoms with Crippen LogP contribution in [0.1, 0.15) is 5.56 Å². The summed E-state index contributed by atoms with van der Waals surface area (Å²) in [4.78, 5) is 7.08. The second-order valence-corrected chi connectivity index (χ2v) is 5.21. The molecule has 1 fully saturated rings. The standard InChI is InChI=1S/C15H17ClN2O/c1-11-8-12-4-2-3-5-14(12)17-15(11)18-6-7-19-10-13(18)9-16/h2-5,8,13H,6-7,9-10H2,1H3. The number of alkyl halides is 1. The van der Waals surface area contributed by atoms with E-state index in [-0.39, 0.29) is 6.04 Å². The summed E-state index contributed by atoms with van der Waals surface area (Å²) in [5, 5.41) is 1.18. The molecular formula is C15H17ClN2O. The van der Waals surface area contributed by atoms with Gasteiger partial charge in [0.05, 0.1) is 24.8 Å². The smallest absolute Gasteiger partial charge is 0.132 e. The summed E-state index contributed by atoms with van der Waals surface area (Å²) in [7, 11) is 0. The Balaban J connectivity index is 2.05. The molecule has 3 nitrogen and oxygen atoms in total. The average molecular weight is 277 g/mol. The van der Waals surface area contributed by atoms with Gasteiger partial charge in [-0.3, -0.25) is 0 Å². The van der Waals surface area contributed by atoms with Crippen LogP contribution in [0.25, 0.3) is 10.9 Å². The van der Waals surface area contributed by atoms with Crippen molar-refractivity contribution in [2.75, 3.05) is 30.5 Å². The van der Waals surface area contributed by atoms with E-state index in [1.165, 1.54) is 10.9 Å². The number of para-hydroxylation sites is 1. The van der Waals surface area contributed by atoms with Gasteiger partial charge in [0, 0.05) is 17.8 Å². The molecule has 2 aromatic rings. The number of morpholine rings is 1. The van der Waals surface area contributed by atoms with Gasteiger partial charge < -0.3 is 9.64 Å². The Morgan fingerprint density at radius 2 is 2.26 bits per heavy atom. The summed E-state index contributed by atoms with van der Waals surface area (Å²) in [5.41, 5.74) is 2.22. The number of hydrogen-bond donors (Lipinski definition) is 0. The predicted octanol–water partition coefficient (Wildman–Crippen LogP) is 2.99. The summed E-state index contributed by atoms with van der Waals surface area (Å²) in [6, 6.07) is 10.6. The van der Waals surface area contributed by atoms with E-state index >= 15 is 0 Å². The Morgan fingerprint density at radius 1 is 1.42 bits per heavy atom. The number of halogens is 1. The Hall–Kier alpha value is -1.32. The molecule has 1 aromatic heterocycles. The van der Waals surface area contributed by atoms with E-state index in [4.69, 9.17) is 21.3 Å². The lowest BCUT2D eigenvalue weighted by molar-refractivity contribution is 0.0993. The lowest BCUT2D eigenvalue weighted by atomic mass is 10.1. The van der Waals surface area contributed by atoms with Crippen LogP contribution in [0.15, 0.2) is 30.3 Å². The number of benzene rings is 1. The molecule has 2 heterocycles. The topological polar surface area (TPSA) is 25.4 Å². The maximum atomic E-state index is 6.05. The van der Waals surface area contributed by atoms with Crippen molar-refractivity contribution in [1.29, 1.82) is 0 Å². The van der Waals surface area contributed by atoms with Crippen molar-refractivity contribution in [2.45, 2.75) is 13.0 Å². The van der Waals surface area contributed by atoms with Crippen molar-refractivity contribution in [1.82, 2.24) is 4.98 Å². The van der Waals surface area contributed by atoms with Crippen molar-refractivity contribution in [3.8, 4) is 0 Å². The zero-order chi connectivity index (χ0) is 13.2. The minimum absolute atomic E-state index is 0.211. The summed E-state index contributed by atoms with van der Waals surface area (Å²) >= 11 is 6.05. The fraction of sp³-hybridized carbons (Fsp3) is 0.400. The van der Waals surface area contributed by atoms with E-state index in [1.54, 1.807) is 0 Å². The number of ether oxygens (including phenoxy) is 1. The number of fused-ring (bicyclic) bond motifs is 1. The number of aryl methyl sites for hydroxylation is 1. The third-order valence-electron chi connectivity index (χ3n) is 3.57. The highest BCUT2D eigenvalue weighted by atomic mass is 35.5. The fourth-order valence-corrected chi connectivity index (χ4v) is 2.82. The Labute approximate surface area is 118 Å². The van der Waals surface area contributed by atoms with Crippen LogP contribution in [0.5, 0.6) is 0 Å². The molecule has 4 heteroatoms. The van der Waals surface area contributed by atoms with Gasteiger partial charge in [0.2, 0.25) is 0 Å². The van der Waals surface area contributed by atoms with E-state index in [2.05, 4.69) is 30.0 Å². The summed E-state index contributed by atoms with van der Waals surface area (Å²) in [6.07, 6.45) is 0. The molecule has 0 saturated carbocycles. The molecule has 1 atom stereocenters. The van der Waals surface area contributed by atoms with Crippen LogP contribution in [-0.2, 0) is 4.74 Å². The molecule has 0 amide bonds. The molecule has 3 rings (SSSR count). The summed E-state index contributed by atoms with van der Waals surface area (Å²) < 4.78 is 5.50. The first kappa shape index (κ1) is 12.7. The maximum Gasteiger partial charge on any atom is 0.132 e. The molecule has 1 unspecified atom stereocenters. The van der Waals surface area contributed by atoms with E-state index in [1.807, 2.05) is 12.1 Å². The highest BCUT2D eigenvalue weighted by molar-refractivity contribution is 6.18. The van der Waals surface area contributed by atoms with Crippen LogP contribution in [0.4, 0.5) is 5.82 Å². The van der Waals surface area contributed by atoms with Crippen LogP contribution in [0, 0.1) is 6.92 Å². The molecule has 0 bridgehead atoms. The quantitative estimate of drug-likeness (QED) is 0.789. The monoisotopic (exact) mass is 276 g/mol. The average Bonchev–Trinajstić information content (AvgIpc) is 2.46. The van der Waals surface area contributed by atoms with Gasteiger partial charge in [-0.15, -0.1) is 11.6 Å². The van der Waals surface area contributed by atoms with Crippen LogP contribution in [-0.4, -0.2) is 36.7 Å². The minimum atomic E-state index is 0.211. The number of aromatic nitrogens is 1. The number of nitrogens with zero attached hydrogens (tertiary/aromatic N) is 2. The molecule has 0 aliphatic carbocycles. The number of anilines is 1. The van der Waals surface area contributed by atoms with Crippen molar-refractivity contribution in [2.24, 2.45) is 0 Å². The third kappa shape index (κ3) is 2.40. The first-order chi connectivity index (χ1) is 9.29. The van der Waals surface area contributed by atoms with Crippen molar-refractivity contribution >= 4 is 28.3 Å². The minimum Gasteiger partial charge on any atom is -0.377 e.